The van der Waals surface area contributed by atoms with E-state index in [4.69, 9.17) is 21.1 Å². The molecule has 30 heavy (non-hydrogen) atoms. The van der Waals surface area contributed by atoms with Gasteiger partial charge in [0.1, 0.15) is 10.6 Å². The predicted octanol–water partition coefficient (Wildman–Crippen LogP) is 2.24. The number of nitrogens with zero attached hydrogens (tertiary/aromatic N) is 1. The molecule has 1 N–H and O–H groups in total. The van der Waals surface area contributed by atoms with Crippen LogP contribution in [-0.4, -0.2) is 54.1 Å². The van der Waals surface area contributed by atoms with Gasteiger partial charge in [-0.2, -0.15) is 4.31 Å². The lowest BCUT2D eigenvalue weighted by atomic mass is 10.2. The smallest absolute Gasteiger partial charge is 0.244 e. The molecule has 0 bridgehead atoms. The molecule has 0 aliphatic carbocycles. The van der Waals surface area contributed by atoms with Gasteiger partial charge in [-0.1, -0.05) is 23.7 Å². The van der Waals surface area contributed by atoms with Gasteiger partial charge in [-0.05, 0) is 42.8 Å². The first-order valence-electron chi connectivity index (χ1n) is 9.33. The number of ether oxygens (including phenoxy) is 2. The molecule has 1 saturated heterocycles. The van der Waals surface area contributed by atoms with Crippen LogP contribution in [0.1, 0.15) is 12.5 Å². The van der Waals surface area contributed by atoms with Crippen molar-refractivity contribution in [2.24, 2.45) is 0 Å². The van der Waals surface area contributed by atoms with Crippen LogP contribution < -0.4 is 9.46 Å². The van der Waals surface area contributed by atoms with E-state index in [1.54, 1.807) is 25.1 Å². The van der Waals surface area contributed by atoms with Crippen LogP contribution in [0.2, 0.25) is 5.02 Å². The summed E-state index contributed by atoms with van der Waals surface area (Å²) < 4.78 is 65.2. The second kappa shape index (κ2) is 9.63. The van der Waals surface area contributed by atoms with Crippen molar-refractivity contribution < 1.29 is 26.3 Å². The molecule has 0 radical (unpaired) electrons. The molecule has 0 atom stereocenters. The van der Waals surface area contributed by atoms with Crippen LogP contribution in [0, 0.1) is 0 Å². The van der Waals surface area contributed by atoms with Crippen molar-refractivity contribution in [1.29, 1.82) is 0 Å². The molecule has 0 unspecified atom stereocenters. The fraction of sp³-hybridized carbons (Fsp3) is 0.368. The van der Waals surface area contributed by atoms with E-state index in [0.29, 0.717) is 38.5 Å². The van der Waals surface area contributed by atoms with E-state index in [2.05, 4.69) is 4.72 Å². The molecule has 164 valence electrons. The van der Waals surface area contributed by atoms with E-state index in [-0.39, 0.29) is 27.1 Å². The Morgan fingerprint density at radius 2 is 1.73 bits per heavy atom. The summed E-state index contributed by atoms with van der Waals surface area (Å²) in [7, 11) is -7.49. The van der Waals surface area contributed by atoms with Crippen molar-refractivity contribution in [2.45, 2.75) is 23.3 Å². The second-order valence-corrected chi connectivity index (χ2v) is 10.6. The maximum Gasteiger partial charge on any atom is 0.244 e. The fourth-order valence-corrected chi connectivity index (χ4v) is 5.77. The Morgan fingerprint density at radius 3 is 2.37 bits per heavy atom. The van der Waals surface area contributed by atoms with E-state index in [1.807, 2.05) is 0 Å². The Kier molecular flexibility index (Phi) is 7.38. The number of halogens is 1. The lowest BCUT2D eigenvalue weighted by molar-refractivity contribution is 0.0730. The average Bonchev–Trinajstić information content (AvgIpc) is 2.74. The molecular weight excluding hydrogens is 452 g/mol. The Hall–Kier alpha value is -1.69. The molecule has 1 heterocycles. The Morgan fingerprint density at radius 1 is 1.07 bits per heavy atom. The Labute approximate surface area is 181 Å². The molecule has 3 rings (SSSR count). The highest BCUT2D eigenvalue weighted by Gasteiger charge is 2.26. The third-order valence-electron chi connectivity index (χ3n) is 4.49. The van der Waals surface area contributed by atoms with Crippen molar-refractivity contribution in [3.8, 4) is 5.75 Å². The molecule has 0 spiro atoms. The quantitative estimate of drug-likeness (QED) is 0.629. The monoisotopic (exact) mass is 474 g/mol. The maximum atomic E-state index is 12.7. The highest BCUT2D eigenvalue weighted by Crippen LogP contribution is 2.27. The molecule has 2 aromatic carbocycles. The van der Waals surface area contributed by atoms with Crippen molar-refractivity contribution in [1.82, 2.24) is 9.03 Å². The molecule has 1 aliphatic heterocycles. The van der Waals surface area contributed by atoms with Gasteiger partial charge in [0.25, 0.3) is 0 Å². The third-order valence-corrected chi connectivity index (χ3v) is 8.06. The van der Waals surface area contributed by atoms with Crippen molar-refractivity contribution in [3.05, 3.63) is 53.1 Å². The standard InChI is InChI=1S/C19H23ClN2O6S2/c1-2-28-18-8-5-16(20)13-19(18)29(23,24)21-14-15-3-6-17(7-4-15)30(25,26)22-9-11-27-12-10-22/h3-8,13,21H,2,9-12,14H2,1H3. The summed E-state index contributed by atoms with van der Waals surface area (Å²) in [6.07, 6.45) is 0. The van der Waals surface area contributed by atoms with E-state index in [1.165, 1.54) is 28.6 Å². The Balaban J connectivity index is 1.73. The summed E-state index contributed by atoms with van der Waals surface area (Å²) in [5.74, 6) is 0.210. The van der Waals surface area contributed by atoms with Crippen LogP contribution in [0.5, 0.6) is 5.75 Å². The van der Waals surface area contributed by atoms with Gasteiger partial charge in [0.15, 0.2) is 0 Å². The summed E-state index contributed by atoms with van der Waals surface area (Å²) in [4.78, 5) is 0.104. The van der Waals surface area contributed by atoms with Crippen LogP contribution in [0.4, 0.5) is 0 Å². The molecule has 8 nitrogen and oxygen atoms in total. The molecule has 2 aromatic rings. The van der Waals surface area contributed by atoms with E-state index < -0.39 is 20.0 Å². The first-order valence-corrected chi connectivity index (χ1v) is 12.6. The molecule has 0 amide bonds. The molecule has 1 fully saturated rings. The van der Waals surface area contributed by atoms with Gasteiger partial charge in [-0.3, -0.25) is 0 Å². The zero-order valence-corrected chi connectivity index (χ0v) is 18.8. The SMILES string of the molecule is CCOc1ccc(Cl)cc1S(=O)(=O)NCc1ccc(S(=O)(=O)N2CCOCC2)cc1. The lowest BCUT2D eigenvalue weighted by Gasteiger charge is -2.26. The third kappa shape index (κ3) is 5.32. The number of benzene rings is 2. The molecule has 0 saturated carbocycles. The van der Waals surface area contributed by atoms with Gasteiger partial charge >= 0.3 is 0 Å². The Bertz CT molecular complexity index is 1080. The predicted molar refractivity (Wildman–Crippen MR) is 113 cm³/mol. The second-order valence-electron chi connectivity index (χ2n) is 6.51. The van der Waals surface area contributed by atoms with Gasteiger partial charge in [0.2, 0.25) is 20.0 Å². The van der Waals surface area contributed by atoms with Crippen LogP contribution in [0.15, 0.2) is 52.3 Å². The van der Waals surface area contributed by atoms with Gasteiger partial charge in [-0.25, -0.2) is 21.6 Å². The fourth-order valence-electron chi connectivity index (χ4n) is 2.94. The summed E-state index contributed by atoms with van der Waals surface area (Å²) in [5, 5.41) is 0.275. The van der Waals surface area contributed by atoms with Crippen molar-refractivity contribution in [2.75, 3.05) is 32.9 Å². The minimum atomic E-state index is -3.89. The molecule has 1 aliphatic rings. The normalized spacial score (nSPS) is 15.8. The number of morpholine rings is 1. The minimum absolute atomic E-state index is 0.0156. The molecule has 0 aromatic heterocycles. The zero-order valence-electron chi connectivity index (χ0n) is 16.4. The number of hydrogen-bond acceptors (Lipinski definition) is 6. The van der Waals surface area contributed by atoms with Crippen molar-refractivity contribution >= 4 is 31.6 Å². The number of sulfonamides is 2. The zero-order chi connectivity index (χ0) is 21.8. The van der Waals surface area contributed by atoms with Crippen LogP contribution >= 0.6 is 11.6 Å². The summed E-state index contributed by atoms with van der Waals surface area (Å²) in [6, 6.07) is 10.5. The van der Waals surface area contributed by atoms with Crippen molar-refractivity contribution in [3.63, 3.8) is 0 Å². The summed E-state index contributed by atoms with van der Waals surface area (Å²) in [5.41, 5.74) is 0.611. The van der Waals surface area contributed by atoms with Gasteiger partial charge in [0, 0.05) is 24.7 Å². The van der Waals surface area contributed by atoms with Crippen LogP contribution in [-0.2, 0) is 31.3 Å². The van der Waals surface area contributed by atoms with Gasteiger partial charge in [-0.15, -0.1) is 0 Å². The molecule has 11 heteroatoms. The number of nitrogens with one attached hydrogen (secondary N) is 1. The van der Waals surface area contributed by atoms with E-state index >= 15 is 0 Å². The maximum absolute atomic E-state index is 12.7. The van der Waals surface area contributed by atoms with Gasteiger partial charge < -0.3 is 9.47 Å². The van der Waals surface area contributed by atoms with E-state index in [9.17, 15) is 16.8 Å². The average molecular weight is 475 g/mol. The van der Waals surface area contributed by atoms with Crippen LogP contribution in [0.25, 0.3) is 0 Å². The first-order chi connectivity index (χ1) is 14.2. The molecular formula is C19H23ClN2O6S2. The highest BCUT2D eigenvalue weighted by molar-refractivity contribution is 7.89. The largest absolute Gasteiger partial charge is 0.492 e. The van der Waals surface area contributed by atoms with E-state index in [0.717, 1.165) is 0 Å². The van der Waals surface area contributed by atoms with Crippen LogP contribution in [0.3, 0.4) is 0 Å². The van der Waals surface area contributed by atoms with Gasteiger partial charge in [0.05, 0.1) is 24.7 Å². The summed E-state index contributed by atoms with van der Waals surface area (Å²) >= 11 is 5.95. The topological polar surface area (TPSA) is 102 Å². The lowest BCUT2D eigenvalue weighted by Crippen LogP contribution is -2.40. The summed E-state index contributed by atoms with van der Waals surface area (Å²) in [6.45, 7) is 3.41. The first kappa shape index (κ1) is 23.0. The highest BCUT2D eigenvalue weighted by atomic mass is 35.5. The number of hydrogen-bond donors (Lipinski definition) is 1. The minimum Gasteiger partial charge on any atom is -0.492 e. The number of rotatable bonds is 8.